The van der Waals surface area contributed by atoms with E-state index in [-0.39, 0.29) is 66.7 Å². The van der Waals surface area contributed by atoms with Gasteiger partial charge >= 0.3 is 18.9 Å². The Balaban J connectivity index is 0.000000282. The normalized spacial score (nSPS) is 30.4. The van der Waals surface area contributed by atoms with Crippen LogP contribution in [-0.2, 0) is 20.4 Å². The number of amides is 2. The van der Waals surface area contributed by atoms with Crippen molar-refractivity contribution in [3.8, 4) is 0 Å². The van der Waals surface area contributed by atoms with Gasteiger partial charge in [-0.15, -0.1) is 0 Å². The molecule has 8 heteroatoms. The van der Waals surface area contributed by atoms with E-state index in [9.17, 15) is 9.59 Å². The molecule has 2 aromatic rings. The molecule has 0 radical (unpaired) electrons. The molecule has 2 aromatic heterocycles. The van der Waals surface area contributed by atoms with Crippen LogP contribution in [0.1, 0.15) is 91.6 Å². The molecule has 4 atom stereocenters. The van der Waals surface area contributed by atoms with Gasteiger partial charge < -0.3 is 6.33 Å². The molecule has 4 fully saturated rings. The molecule has 6 rings (SSSR count). The maximum absolute atomic E-state index is 12.5. The number of hydrogen-bond acceptors (Lipinski definition) is 5. The van der Waals surface area contributed by atoms with Crippen LogP contribution in [0.5, 0.6) is 0 Å². The number of unbranched alkanes of at least 4 members (excludes halogenated alkanes) is 6. The maximum atomic E-state index is 12.5. The van der Waals surface area contributed by atoms with Gasteiger partial charge in [-0.05, 0) is 54.5 Å². The quantitative estimate of drug-likeness (QED) is 0.218. The topological polar surface area (TPSA) is 66.4 Å². The largest absolute Gasteiger partial charge is 1.00 e. The zero-order valence-corrected chi connectivity index (χ0v) is 26.0. The van der Waals surface area contributed by atoms with E-state index in [0.29, 0.717) is 12.0 Å². The minimum Gasteiger partial charge on any atom is -1.00 e. The van der Waals surface area contributed by atoms with Crippen molar-refractivity contribution in [1.29, 1.82) is 0 Å². The summed E-state index contributed by atoms with van der Waals surface area (Å²) in [6.07, 6.45) is 17.3. The molecule has 2 amide bonds. The zero-order valence-electron chi connectivity index (χ0n) is 27.0. The summed E-state index contributed by atoms with van der Waals surface area (Å²) in [6.45, 7) is 13.4. The molecule has 4 aliphatic rings. The first kappa shape index (κ1) is 35.0. The van der Waals surface area contributed by atoms with E-state index in [1.807, 2.05) is 25.3 Å². The molecule has 2 saturated carbocycles. The number of pyridine rings is 2. The van der Waals surface area contributed by atoms with E-state index < -0.39 is 0 Å². The van der Waals surface area contributed by atoms with Gasteiger partial charge in [0, 0.05) is 55.3 Å². The van der Waals surface area contributed by atoms with Gasteiger partial charge in [-0.1, -0.05) is 78.4 Å². The second-order valence-corrected chi connectivity index (χ2v) is 12.9. The third-order valence-electron chi connectivity index (χ3n) is 10.5. The van der Waals surface area contributed by atoms with Crippen molar-refractivity contribution < 1.29 is 29.9 Å². The van der Waals surface area contributed by atoms with Crippen LogP contribution in [0.15, 0.2) is 49.1 Å². The van der Waals surface area contributed by atoms with Crippen molar-refractivity contribution in [2.24, 2.45) is 23.7 Å². The van der Waals surface area contributed by atoms with Crippen LogP contribution in [0.3, 0.4) is 0 Å². The number of nitrogens with zero attached hydrogens (tertiary/aromatic N) is 4. The standard InChI is InChI=1S/C17H22N2O2.C17H26N2.Al.Li.4H/c1-3-4-5-6-10-19-15(20)13-14(16(19)21)17(13,2)12-8-7-9-18-11-12;1-3-4-5-6-10-19-12-15-16(13-19)17(15,2)14-8-7-9-18-11-14;;;;;;/h7-9,11,13-14H,3-6,10H2,1-2H3;7-9,11,15-16H,3-6,10,12-13H2,1-2H3;;;;;;/q;;;+1;;;;-1. The molecule has 0 N–H and O–H groups in total. The van der Waals surface area contributed by atoms with Crippen molar-refractivity contribution in [1.82, 2.24) is 19.8 Å². The van der Waals surface area contributed by atoms with Crippen molar-refractivity contribution >= 4 is 29.2 Å². The Morgan fingerprint density at radius 3 is 1.69 bits per heavy atom. The molecule has 2 aliphatic carbocycles. The fourth-order valence-electron chi connectivity index (χ4n) is 7.73. The predicted octanol–water partition coefficient (Wildman–Crippen LogP) is 1.95. The van der Waals surface area contributed by atoms with Gasteiger partial charge in [0.1, 0.15) is 0 Å². The van der Waals surface area contributed by atoms with Gasteiger partial charge in [-0.3, -0.25) is 24.5 Å². The molecule has 0 aromatic carbocycles. The summed E-state index contributed by atoms with van der Waals surface area (Å²) < 4.78 is 0. The van der Waals surface area contributed by atoms with E-state index in [4.69, 9.17) is 0 Å². The first-order valence-electron chi connectivity index (χ1n) is 15.8. The van der Waals surface area contributed by atoms with Crippen LogP contribution >= 0.6 is 0 Å². The summed E-state index contributed by atoms with van der Waals surface area (Å²) >= 11 is 0. The Morgan fingerprint density at radius 2 is 1.24 bits per heavy atom. The number of aromatic nitrogens is 2. The molecule has 6 nitrogen and oxygen atoms in total. The van der Waals surface area contributed by atoms with Gasteiger partial charge in [-0.25, -0.2) is 0 Å². The van der Waals surface area contributed by atoms with Gasteiger partial charge in [0.2, 0.25) is 11.8 Å². The molecule has 0 spiro atoms. The average molecular weight is 583 g/mol. The van der Waals surface area contributed by atoms with Gasteiger partial charge in [0.05, 0.1) is 11.8 Å². The monoisotopic (exact) mass is 582 g/mol. The Kier molecular flexibility index (Phi) is 12.5. The molecule has 2 aliphatic heterocycles. The van der Waals surface area contributed by atoms with Crippen LogP contribution in [0, 0.1) is 23.7 Å². The fraction of sp³-hybridized carbons (Fsp3) is 0.647. The number of piperidine rings is 2. The summed E-state index contributed by atoms with van der Waals surface area (Å²) in [4.78, 5) is 37.6. The average Bonchev–Trinajstić information content (AvgIpc) is 3.62. The number of carbonyl (C=O) groups is 2. The van der Waals surface area contributed by atoms with Crippen LogP contribution in [-0.4, -0.2) is 75.1 Å². The van der Waals surface area contributed by atoms with Crippen LogP contribution in [0.4, 0.5) is 0 Å². The molecule has 4 heterocycles. The number of hydrogen-bond donors (Lipinski definition) is 0. The second-order valence-electron chi connectivity index (χ2n) is 12.9. The number of carbonyl (C=O) groups excluding carboxylic acids is 2. The summed E-state index contributed by atoms with van der Waals surface area (Å²) in [5.41, 5.74) is 2.55. The number of likely N-dealkylation sites (tertiary alicyclic amines) is 2. The Hall–Kier alpha value is -1.47. The molecular weight excluding hydrogens is 530 g/mol. The minimum absolute atomic E-state index is 0. The van der Waals surface area contributed by atoms with Gasteiger partial charge in [0.25, 0.3) is 0 Å². The molecule has 224 valence electrons. The molecule has 0 bridgehead atoms. The van der Waals surface area contributed by atoms with E-state index in [1.165, 1.54) is 55.8 Å². The van der Waals surface area contributed by atoms with E-state index in [2.05, 4.69) is 54.0 Å². The Morgan fingerprint density at radius 1 is 0.762 bits per heavy atom. The SMILES string of the molecule is CCCCCCN1C(=O)C2C(C1=O)C2(C)c1cccnc1.CCCCCCN1CC2C(C1)C2(C)c1cccnc1.[AlH3].[H-].[Li+]. The molecule has 2 saturated heterocycles. The predicted molar refractivity (Wildman–Crippen MR) is 170 cm³/mol. The van der Waals surface area contributed by atoms with Gasteiger partial charge in [0.15, 0.2) is 17.4 Å². The Labute approximate surface area is 277 Å². The smallest absolute Gasteiger partial charge is 1.00 e. The van der Waals surface area contributed by atoms with Crippen LogP contribution in [0.2, 0.25) is 0 Å². The number of fused-ring (bicyclic) bond motifs is 2. The van der Waals surface area contributed by atoms with Crippen molar-refractivity contribution in [3.05, 3.63) is 60.2 Å². The van der Waals surface area contributed by atoms with Crippen molar-refractivity contribution in [2.45, 2.75) is 89.9 Å². The summed E-state index contributed by atoms with van der Waals surface area (Å²) in [5, 5.41) is 0. The summed E-state index contributed by atoms with van der Waals surface area (Å²) in [7, 11) is 0. The summed E-state index contributed by atoms with van der Waals surface area (Å²) in [6, 6.07) is 8.18. The van der Waals surface area contributed by atoms with Crippen LogP contribution < -0.4 is 18.9 Å². The first-order valence-corrected chi connectivity index (χ1v) is 15.8. The van der Waals surface area contributed by atoms with Crippen molar-refractivity contribution in [2.75, 3.05) is 26.2 Å². The van der Waals surface area contributed by atoms with Gasteiger partial charge in [-0.2, -0.15) is 0 Å². The Bertz CT molecular complexity index is 1140. The third-order valence-corrected chi connectivity index (χ3v) is 10.5. The third kappa shape index (κ3) is 6.62. The van der Waals surface area contributed by atoms with Crippen molar-refractivity contribution in [3.63, 3.8) is 0 Å². The number of imide groups is 1. The zero-order chi connectivity index (χ0) is 28.3. The second kappa shape index (κ2) is 15.0. The fourth-order valence-corrected chi connectivity index (χ4v) is 7.73. The number of rotatable bonds is 12. The van der Waals surface area contributed by atoms with E-state index >= 15 is 0 Å². The van der Waals surface area contributed by atoms with Crippen LogP contribution in [0.25, 0.3) is 0 Å². The molecule has 4 unspecified atom stereocenters. The molecule has 42 heavy (non-hydrogen) atoms. The summed E-state index contributed by atoms with van der Waals surface area (Å²) in [5.74, 6) is 1.47. The van der Waals surface area contributed by atoms with E-state index in [0.717, 1.165) is 43.1 Å². The minimum atomic E-state index is -0.331. The molecular formula is C34H52AlLiN4O2. The van der Waals surface area contributed by atoms with E-state index in [1.54, 1.807) is 12.4 Å². The first-order chi connectivity index (χ1) is 19.4. The maximum Gasteiger partial charge on any atom is 1.00 e.